The summed E-state index contributed by atoms with van der Waals surface area (Å²) in [6.45, 7) is 7.54. The van der Waals surface area contributed by atoms with Gasteiger partial charge in [-0.05, 0) is 51.0 Å². The highest BCUT2D eigenvalue weighted by atomic mass is 35.5. The molecule has 0 bridgehead atoms. The Balaban J connectivity index is 2.05. The number of anilines is 1. The Kier molecular flexibility index (Phi) is 6.04. The summed E-state index contributed by atoms with van der Waals surface area (Å²) in [5, 5.41) is 7.26. The fourth-order valence-corrected chi connectivity index (χ4v) is 2.68. The highest BCUT2D eigenvalue weighted by molar-refractivity contribution is 6.31. The molecule has 3 N–H and O–H groups in total. The van der Waals surface area contributed by atoms with E-state index in [1.165, 1.54) is 0 Å². The van der Waals surface area contributed by atoms with Crippen molar-refractivity contribution >= 4 is 29.0 Å². The second kappa shape index (κ2) is 8.03. The Morgan fingerprint density at radius 1 is 1.20 bits per heavy atom. The van der Waals surface area contributed by atoms with Crippen molar-refractivity contribution in [2.45, 2.75) is 33.8 Å². The van der Waals surface area contributed by atoms with Crippen LogP contribution in [-0.4, -0.2) is 17.8 Å². The van der Waals surface area contributed by atoms with E-state index in [0.29, 0.717) is 10.6 Å². The molecule has 0 fully saturated rings. The van der Waals surface area contributed by atoms with Crippen LogP contribution in [0.2, 0.25) is 5.02 Å². The van der Waals surface area contributed by atoms with E-state index in [0.717, 1.165) is 22.4 Å². The summed E-state index contributed by atoms with van der Waals surface area (Å²) in [7, 11) is 0. The lowest BCUT2D eigenvalue weighted by molar-refractivity contribution is -0.126. The normalized spacial score (nSPS) is 12.6. The number of amides is 1. The molecule has 0 saturated carbocycles. The van der Waals surface area contributed by atoms with Gasteiger partial charge in [-0.25, -0.2) is 0 Å². The lowest BCUT2D eigenvalue weighted by atomic mass is 10.0. The molecule has 1 unspecified atom stereocenters. The van der Waals surface area contributed by atoms with Gasteiger partial charge in [0.05, 0.1) is 0 Å². The van der Waals surface area contributed by atoms with Crippen LogP contribution in [0.15, 0.2) is 41.6 Å². The minimum absolute atomic E-state index is 0.157. The molecule has 132 valence electrons. The molecule has 2 rings (SSSR count). The van der Waals surface area contributed by atoms with Gasteiger partial charge in [-0.1, -0.05) is 46.6 Å². The van der Waals surface area contributed by atoms with E-state index in [9.17, 15) is 4.79 Å². The van der Waals surface area contributed by atoms with Crippen LogP contribution < -0.4 is 11.1 Å². The quantitative estimate of drug-likeness (QED) is 0.482. The SMILES string of the molecule is Cc1cc(C)c(NC(=O)C(C)O/N=C(\N)c2cccc(Cl)c2)c(C)c1. The zero-order valence-electron chi connectivity index (χ0n) is 14.8. The van der Waals surface area contributed by atoms with Crippen molar-refractivity contribution in [2.24, 2.45) is 10.9 Å². The molecule has 0 radical (unpaired) electrons. The molecular weight excluding hydrogens is 338 g/mol. The van der Waals surface area contributed by atoms with E-state index in [-0.39, 0.29) is 11.7 Å². The number of carbonyl (C=O) groups is 1. The number of nitrogens with two attached hydrogens (primary N) is 1. The molecule has 1 atom stereocenters. The van der Waals surface area contributed by atoms with Crippen LogP contribution in [0.4, 0.5) is 5.69 Å². The maximum absolute atomic E-state index is 12.3. The maximum atomic E-state index is 12.3. The Hall–Kier alpha value is -2.53. The number of amidine groups is 1. The van der Waals surface area contributed by atoms with Gasteiger partial charge in [-0.15, -0.1) is 0 Å². The molecule has 0 aromatic heterocycles. The third kappa shape index (κ3) is 4.97. The van der Waals surface area contributed by atoms with Gasteiger partial charge in [0.2, 0.25) is 6.10 Å². The summed E-state index contributed by atoms with van der Waals surface area (Å²) in [6, 6.07) is 11.0. The highest BCUT2D eigenvalue weighted by Gasteiger charge is 2.17. The molecule has 25 heavy (non-hydrogen) atoms. The molecule has 0 saturated heterocycles. The molecule has 2 aromatic rings. The zero-order valence-corrected chi connectivity index (χ0v) is 15.5. The van der Waals surface area contributed by atoms with Gasteiger partial charge < -0.3 is 15.9 Å². The first kappa shape index (κ1) is 18.8. The van der Waals surface area contributed by atoms with Gasteiger partial charge in [-0.2, -0.15) is 0 Å². The van der Waals surface area contributed by atoms with E-state index in [2.05, 4.69) is 10.5 Å². The molecule has 5 nitrogen and oxygen atoms in total. The van der Waals surface area contributed by atoms with E-state index < -0.39 is 6.10 Å². The van der Waals surface area contributed by atoms with Crippen molar-refractivity contribution in [3.63, 3.8) is 0 Å². The first-order chi connectivity index (χ1) is 11.8. The number of hydrogen-bond donors (Lipinski definition) is 2. The number of benzene rings is 2. The van der Waals surface area contributed by atoms with E-state index in [1.54, 1.807) is 31.2 Å². The number of nitrogens with one attached hydrogen (secondary N) is 1. The molecule has 1 amide bonds. The minimum atomic E-state index is -0.794. The second-order valence-corrected chi connectivity index (χ2v) is 6.43. The van der Waals surface area contributed by atoms with Crippen LogP contribution in [0.5, 0.6) is 0 Å². The van der Waals surface area contributed by atoms with Crippen molar-refractivity contribution in [3.05, 3.63) is 63.7 Å². The number of oxime groups is 1. The first-order valence-electron chi connectivity index (χ1n) is 7.92. The van der Waals surface area contributed by atoms with Gasteiger partial charge in [0, 0.05) is 16.3 Å². The fraction of sp³-hybridized carbons (Fsp3) is 0.263. The smallest absolute Gasteiger partial charge is 0.268 e. The van der Waals surface area contributed by atoms with Gasteiger partial charge in [0.1, 0.15) is 0 Å². The monoisotopic (exact) mass is 359 g/mol. The molecule has 0 aliphatic rings. The zero-order chi connectivity index (χ0) is 18.6. The molecule has 0 heterocycles. The molecule has 0 spiro atoms. The fourth-order valence-electron chi connectivity index (χ4n) is 2.49. The average molecular weight is 360 g/mol. The first-order valence-corrected chi connectivity index (χ1v) is 8.29. The van der Waals surface area contributed by atoms with Crippen LogP contribution in [0.25, 0.3) is 0 Å². The second-order valence-electron chi connectivity index (χ2n) is 6.00. The predicted molar refractivity (Wildman–Crippen MR) is 102 cm³/mol. The van der Waals surface area contributed by atoms with Gasteiger partial charge in [0.15, 0.2) is 5.84 Å². The topological polar surface area (TPSA) is 76.7 Å². The van der Waals surface area contributed by atoms with E-state index in [1.807, 2.05) is 32.9 Å². The summed E-state index contributed by atoms with van der Waals surface area (Å²) >= 11 is 5.92. The number of halogens is 1. The van der Waals surface area contributed by atoms with E-state index in [4.69, 9.17) is 22.2 Å². The van der Waals surface area contributed by atoms with Crippen LogP contribution >= 0.6 is 11.6 Å². The van der Waals surface area contributed by atoms with Gasteiger partial charge in [0.25, 0.3) is 5.91 Å². The van der Waals surface area contributed by atoms with Crippen LogP contribution in [0.3, 0.4) is 0 Å². The van der Waals surface area contributed by atoms with Crippen LogP contribution in [-0.2, 0) is 9.63 Å². The van der Waals surface area contributed by atoms with Crippen molar-refractivity contribution in [1.29, 1.82) is 0 Å². The lowest BCUT2D eigenvalue weighted by Crippen LogP contribution is -2.28. The average Bonchev–Trinajstić information content (AvgIpc) is 2.55. The standard InChI is InChI=1S/C19H22ClN3O2/c1-11-8-12(2)17(13(3)9-11)22-19(24)14(4)25-23-18(21)15-6-5-7-16(20)10-15/h5-10,14H,1-4H3,(H2,21,23)(H,22,24). The van der Waals surface area contributed by atoms with Crippen LogP contribution in [0.1, 0.15) is 29.2 Å². The molecule has 2 aromatic carbocycles. The Bertz CT molecular complexity index is 795. The maximum Gasteiger partial charge on any atom is 0.268 e. The Morgan fingerprint density at radius 2 is 1.84 bits per heavy atom. The number of nitrogens with zero attached hydrogens (tertiary/aromatic N) is 1. The minimum Gasteiger partial charge on any atom is -0.381 e. The number of hydrogen-bond acceptors (Lipinski definition) is 3. The molecule has 0 aliphatic heterocycles. The molecular formula is C19H22ClN3O2. The third-order valence-corrected chi connectivity index (χ3v) is 3.96. The Morgan fingerprint density at radius 3 is 2.44 bits per heavy atom. The summed E-state index contributed by atoms with van der Waals surface area (Å²) in [6.07, 6.45) is -0.794. The van der Waals surface area contributed by atoms with Gasteiger partial charge in [-0.3, -0.25) is 4.79 Å². The highest BCUT2D eigenvalue weighted by Crippen LogP contribution is 2.22. The lowest BCUT2D eigenvalue weighted by Gasteiger charge is -2.15. The van der Waals surface area contributed by atoms with E-state index >= 15 is 0 Å². The van der Waals surface area contributed by atoms with Crippen molar-refractivity contribution < 1.29 is 9.63 Å². The summed E-state index contributed by atoms with van der Waals surface area (Å²) < 4.78 is 0. The number of aryl methyl sites for hydroxylation is 3. The third-order valence-electron chi connectivity index (χ3n) is 3.72. The summed E-state index contributed by atoms with van der Waals surface area (Å²) in [5.41, 5.74) is 10.4. The Labute approximate surface area is 152 Å². The van der Waals surface area contributed by atoms with Crippen molar-refractivity contribution in [3.8, 4) is 0 Å². The molecule has 6 heteroatoms. The van der Waals surface area contributed by atoms with Crippen LogP contribution in [0, 0.1) is 20.8 Å². The predicted octanol–water partition coefficient (Wildman–Crippen LogP) is 3.93. The largest absolute Gasteiger partial charge is 0.381 e. The summed E-state index contributed by atoms with van der Waals surface area (Å²) in [5.74, 6) is -0.137. The summed E-state index contributed by atoms with van der Waals surface area (Å²) in [4.78, 5) is 17.6. The van der Waals surface area contributed by atoms with Crippen molar-refractivity contribution in [1.82, 2.24) is 0 Å². The van der Waals surface area contributed by atoms with Gasteiger partial charge >= 0.3 is 0 Å². The number of rotatable bonds is 5. The number of carbonyl (C=O) groups excluding carboxylic acids is 1. The molecule has 0 aliphatic carbocycles. The van der Waals surface area contributed by atoms with Crippen molar-refractivity contribution in [2.75, 3.05) is 5.32 Å².